The van der Waals surface area contributed by atoms with Crippen LogP contribution < -0.4 is 24.3 Å². The Hall–Kier alpha value is -3.80. The number of carbonyl (C=O) groups is 2. The van der Waals surface area contributed by atoms with E-state index >= 15 is 0 Å². The van der Waals surface area contributed by atoms with Crippen LogP contribution in [0.25, 0.3) is 0 Å². The molecule has 11 heteroatoms. The van der Waals surface area contributed by atoms with Crippen LogP contribution in [0.1, 0.15) is 20.8 Å². The normalized spacial score (nSPS) is 21.2. The van der Waals surface area contributed by atoms with Crippen molar-refractivity contribution in [3.63, 3.8) is 0 Å². The fourth-order valence-corrected chi connectivity index (χ4v) is 6.09. The molecule has 1 fully saturated rings. The van der Waals surface area contributed by atoms with Crippen molar-refractivity contribution in [3.8, 4) is 28.7 Å². The zero-order valence-corrected chi connectivity index (χ0v) is 23.2. The Labute approximate surface area is 236 Å². The van der Waals surface area contributed by atoms with Crippen LogP contribution in [-0.2, 0) is 22.7 Å². The van der Waals surface area contributed by atoms with E-state index < -0.39 is 6.10 Å². The first-order valence-corrected chi connectivity index (χ1v) is 14.0. The van der Waals surface area contributed by atoms with E-state index in [4.69, 9.17) is 23.7 Å². The van der Waals surface area contributed by atoms with Gasteiger partial charge in [-0.25, -0.2) is 0 Å². The predicted octanol–water partition coefficient (Wildman–Crippen LogP) is 3.29. The molecule has 0 spiro atoms. The summed E-state index contributed by atoms with van der Waals surface area (Å²) >= 11 is 1.31. The van der Waals surface area contributed by atoms with Gasteiger partial charge in [-0.05, 0) is 42.4 Å². The molecule has 4 heterocycles. The summed E-state index contributed by atoms with van der Waals surface area (Å²) in [6.45, 7) is 2.55. The lowest BCUT2D eigenvalue weighted by Gasteiger charge is -2.23. The second-order valence-electron chi connectivity index (χ2n) is 10.1. The molecule has 2 amide bonds. The molecule has 3 aromatic rings. The number of nitrogens with one attached hydrogen (secondary N) is 1. The van der Waals surface area contributed by atoms with Crippen molar-refractivity contribution in [2.45, 2.75) is 25.3 Å². The average Bonchev–Trinajstić information content (AvgIpc) is 3.55. The Balaban J connectivity index is 1.25. The summed E-state index contributed by atoms with van der Waals surface area (Å²) in [5, 5.41) is 4.92. The van der Waals surface area contributed by atoms with Gasteiger partial charge in [0, 0.05) is 25.0 Å². The van der Waals surface area contributed by atoms with Crippen LogP contribution in [0, 0.1) is 0 Å². The molecule has 1 aromatic heterocycles. The lowest BCUT2D eigenvalue weighted by molar-refractivity contribution is -0.123. The monoisotopic (exact) mass is 565 g/mol. The van der Waals surface area contributed by atoms with Gasteiger partial charge in [0.2, 0.25) is 5.91 Å². The molecule has 1 saturated heterocycles. The van der Waals surface area contributed by atoms with Gasteiger partial charge in [-0.1, -0.05) is 18.2 Å². The molecule has 0 saturated carbocycles. The van der Waals surface area contributed by atoms with E-state index in [-0.39, 0.29) is 24.4 Å². The van der Waals surface area contributed by atoms with Gasteiger partial charge in [-0.15, -0.1) is 11.3 Å². The Morgan fingerprint density at radius 2 is 1.93 bits per heavy atom. The van der Waals surface area contributed by atoms with Gasteiger partial charge >= 0.3 is 0 Å². The fourth-order valence-electron chi connectivity index (χ4n) is 5.19. The number of likely N-dealkylation sites (N-methyl/N-ethyl adjacent to an activating group) is 1. The number of methoxy groups -OCH3 is 1. The summed E-state index contributed by atoms with van der Waals surface area (Å²) < 4.78 is 29.4. The molecule has 2 aromatic carbocycles. The first-order valence-electron chi connectivity index (χ1n) is 13.2. The highest BCUT2D eigenvalue weighted by Gasteiger charge is 2.39. The maximum Gasteiger partial charge on any atom is 0.268 e. The molecule has 2 atom stereocenters. The molecule has 0 aliphatic carbocycles. The maximum absolute atomic E-state index is 13.5. The highest BCUT2D eigenvalue weighted by atomic mass is 32.1. The minimum Gasteiger partial charge on any atom is -0.493 e. The number of carbonyl (C=O) groups excluding carboxylic acids is 2. The van der Waals surface area contributed by atoms with Crippen molar-refractivity contribution in [3.05, 3.63) is 63.8 Å². The molecular weight excluding hydrogens is 534 g/mol. The average molecular weight is 566 g/mol. The number of rotatable bonds is 2. The lowest BCUT2D eigenvalue weighted by atomic mass is 10.1. The SMILES string of the molecule is COc1ccc2cc1Oc1cccc(c1)CO[C@H]1CN(C(=O)c3scc4c3OCCO4)C[C@@H]1NC(=O)CN(C)C2. The molecule has 40 heavy (non-hydrogen) atoms. The molecule has 210 valence electrons. The number of nitrogens with zero attached hydrogens (tertiary/aromatic N) is 2. The van der Waals surface area contributed by atoms with E-state index in [9.17, 15) is 9.59 Å². The lowest BCUT2D eigenvalue weighted by Crippen LogP contribution is -2.47. The summed E-state index contributed by atoms with van der Waals surface area (Å²) in [5.41, 5.74) is 1.89. The molecule has 4 bridgehead atoms. The van der Waals surface area contributed by atoms with Crippen molar-refractivity contribution in [1.82, 2.24) is 15.1 Å². The summed E-state index contributed by atoms with van der Waals surface area (Å²) in [6.07, 6.45) is -0.392. The first-order chi connectivity index (χ1) is 19.5. The molecule has 3 aliphatic rings. The largest absolute Gasteiger partial charge is 0.493 e. The molecule has 6 rings (SSSR count). The van der Waals surface area contributed by atoms with Crippen LogP contribution >= 0.6 is 11.3 Å². The van der Waals surface area contributed by atoms with Crippen LogP contribution in [0.4, 0.5) is 0 Å². The molecule has 10 nitrogen and oxygen atoms in total. The molecule has 3 aliphatic heterocycles. The number of likely N-dealkylation sites (tertiary alicyclic amines) is 1. The van der Waals surface area contributed by atoms with E-state index in [2.05, 4.69) is 5.32 Å². The molecule has 1 N–H and O–H groups in total. The summed E-state index contributed by atoms with van der Waals surface area (Å²) in [7, 11) is 3.49. The van der Waals surface area contributed by atoms with Crippen LogP contribution in [0.15, 0.2) is 47.8 Å². The van der Waals surface area contributed by atoms with Gasteiger partial charge in [0.15, 0.2) is 23.0 Å². The van der Waals surface area contributed by atoms with Crippen LogP contribution in [0.2, 0.25) is 0 Å². The maximum atomic E-state index is 13.5. The first kappa shape index (κ1) is 26.4. The van der Waals surface area contributed by atoms with Crippen molar-refractivity contribution < 1.29 is 33.3 Å². The van der Waals surface area contributed by atoms with E-state index in [0.717, 1.165) is 11.1 Å². The topological polar surface area (TPSA) is 98.8 Å². The van der Waals surface area contributed by atoms with Crippen molar-refractivity contribution >= 4 is 23.2 Å². The number of benzene rings is 2. The van der Waals surface area contributed by atoms with Gasteiger partial charge in [0.05, 0.1) is 32.4 Å². The molecular formula is C29H31N3O7S. The van der Waals surface area contributed by atoms with E-state index in [1.807, 2.05) is 54.4 Å². The fraction of sp³-hybridized carbons (Fsp3) is 0.379. The molecule has 0 radical (unpaired) electrons. The van der Waals surface area contributed by atoms with E-state index in [0.29, 0.717) is 73.1 Å². The standard InChI is InChI=1S/C29H31N3O7S/c1-31-12-18-6-7-22(35-2)23(11-18)39-20-5-3-4-19(10-20)16-38-24-14-32(13-21(24)30-26(33)15-31)29(34)28-27-25(17-40-28)36-8-9-37-27/h3-7,10-11,17,21,24H,8-9,12-16H2,1-2H3,(H,30,33)/t21-,24-/m0/s1. The van der Waals surface area contributed by atoms with Crippen LogP contribution in [0.5, 0.6) is 28.7 Å². The zero-order chi connectivity index (χ0) is 27.6. The van der Waals surface area contributed by atoms with Gasteiger partial charge in [0.1, 0.15) is 23.8 Å². The Kier molecular flexibility index (Phi) is 7.50. The third-order valence-electron chi connectivity index (χ3n) is 7.08. The highest BCUT2D eigenvalue weighted by molar-refractivity contribution is 7.12. The number of amides is 2. The quantitative estimate of drug-likeness (QED) is 0.506. The van der Waals surface area contributed by atoms with E-state index in [1.54, 1.807) is 17.4 Å². The Bertz CT molecular complexity index is 1410. The second-order valence-corrected chi connectivity index (χ2v) is 11.0. The number of hydrogen-bond acceptors (Lipinski definition) is 9. The zero-order valence-electron chi connectivity index (χ0n) is 22.4. The summed E-state index contributed by atoms with van der Waals surface area (Å²) in [6, 6.07) is 13.1. The smallest absolute Gasteiger partial charge is 0.268 e. The molecule has 0 unspecified atom stereocenters. The van der Waals surface area contributed by atoms with Gasteiger partial charge in [0.25, 0.3) is 5.91 Å². The van der Waals surface area contributed by atoms with Gasteiger partial charge in [-0.3, -0.25) is 14.5 Å². The Morgan fingerprint density at radius 1 is 1.05 bits per heavy atom. The van der Waals surface area contributed by atoms with Gasteiger partial charge < -0.3 is 33.9 Å². The summed E-state index contributed by atoms with van der Waals surface area (Å²) in [5.74, 6) is 2.67. The number of thiophene rings is 1. The Morgan fingerprint density at radius 3 is 2.80 bits per heavy atom. The minimum absolute atomic E-state index is 0.139. The third-order valence-corrected chi connectivity index (χ3v) is 8.01. The van der Waals surface area contributed by atoms with Crippen molar-refractivity contribution in [2.75, 3.05) is 47.0 Å². The van der Waals surface area contributed by atoms with Gasteiger partial charge in [-0.2, -0.15) is 0 Å². The third kappa shape index (κ3) is 5.58. The second kappa shape index (κ2) is 11.4. The highest BCUT2D eigenvalue weighted by Crippen LogP contribution is 2.40. The van der Waals surface area contributed by atoms with E-state index in [1.165, 1.54) is 11.3 Å². The number of ether oxygens (including phenoxy) is 5. The number of hydrogen-bond donors (Lipinski definition) is 1. The van der Waals surface area contributed by atoms with Crippen molar-refractivity contribution in [2.24, 2.45) is 0 Å². The number of fused-ring (bicyclic) bond motifs is 6. The summed E-state index contributed by atoms with van der Waals surface area (Å²) in [4.78, 5) is 30.8. The van der Waals surface area contributed by atoms with Crippen LogP contribution in [0.3, 0.4) is 0 Å². The minimum atomic E-state index is -0.392. The predicted molar refractivity (Wildman–Crippen MR) is 148 cm³/mol. The van der Waals surface area contributed by atoms with Crippen LogP contribution in [-0.4, -0.2) is 80.8 Å². The van der Waals surface area contributed by atoms with Crippen molar-refractivity contribution in [1.29, 1.82) is 0 Å².